The summed E-state index contributed by atoms with van der Waals surface area (Å²) in [7, 11) is 0. The van der Waals surface area contributed by atoms with E-state index in [-0.39, 0.29) is 40.9 Å². The van der Waals surface area contributed by atoms with Crippen molar-refractivity contribution >= 4 is 36.8 Å². The maximum atomic E-state index is 14.6. The quantitative estimate of drug-likeness (QED) is 0.481. The number of aromatic carboxylic acids is 1. The largest absolute Gasteiger partial charge is 0.476 e. The summed E-state index contributed by atoms with van der Waals surface area (Å²) in [5.74, 6) is -1.39. The van der Waals surface area contributed by atoms with Crippen molar-refractivity contribution in [1.29, 1.82) is 0 Å². The number of hydrogen-bond acceptors (Lipinski definition) is 6. The summed E-state index contributed by atoms with van der Waals surface area (Å²) in [6, 6.07) is 5.88. The van der Waals surface area contributed by atoms with Gasteiger partial charge in [-0.3, -0.25) is 9.69 Å². The van der Waals surface area contributed by atoms with E-state index in [9.17, 15) is 14.0 Å². The summed E-state index contributed by atoms with van der Waals surface area (Å²) >= 11 is 4.67. The number of piperidine rings is 1. The molecule has 4 rings (SSSR count). The van der Waals surface area contributed by atoms with Crippen LogP contribution in [0.1, 0.15) is 41.4 Å². The van der Waals surface area contributed by atoms with E-state index in [1.54, 1.807) is 18.2 Å². The van der Waals surface area contributed by atoms with Crippen LogP contribution in [0, 0.1) is 11.7 Å². The Morgan fingerprint density at radius 1 is 1.29 bits per heavy atom. The number of carboxylic acid groups (broad SMARTS) is 1. The highest BCUT2D eigenvalue weighted by molar-refractivity contribution is 7.81. The number of thiol groups is 1. The van der Waals surface area contributed by atoms with E-state index >= 15 is 0 Å². The molecule has 1 saturated carbocycles. The Labute approximate surface area is 191 Å². The minimum Gasteiger partial charge on any atom is -0.476 e. The Kier molecular flexibility index (Phi) is 7.51. The fourth-order valence-electron chi connectivity index (χ4n) is 3.83. The average molecular weight is 467 g/mol. The zero-order valence-electron chi connectivity index (χ0n) is 16.7. The van der Waals surface area contributed by atoms with Crippen molar-refractivity contribution in [3.63, 3.8) is 0 Å². The fraction of sp³-hybridized carbons (Fsp3) is 0.429. The SMILES string of the molecule is Cl.O=C(O)c1cn(C/C=C2\CN(C(C(=O)C3CC3)c3ccccc3F)CCC2S)nn1. The monoisotopic (exact) mass is 466 g/mol. The molecule has 0 radical (unpaired) electrons. The predicted octanol–water partition coefficient (Wildman–Crippen LogP) is 3.19. The summed E-state index contributed by atoms with van der Waals surface area (Å²) in [4.78, 5) is 26.1. The lowest BCUT2D eigenvalue weighted by Crippen LogP contribution is -2.42. The number of rotatable bonds is 7. The summed E-state index contributed by atoms with van der Waals surface area (Å²) < 4.78 is 16.0. The van der Waals surface area contributed by atoms with Gasteiger partial charge in [-0.1, -0.05) is 29.5 Å². The maximum absolute atomic E-state index is 14.6. The molecule has 1 aliphatic heterocycles. The number of Topliss-reactive ketones (excluding diaryl/α,β-unsaturated/α-hetero) is 1. The molecule has 2 unspecified atom stereocenters. The molecule has 1 aromatic heterocycles. The molecular formula is C21H24ClFN4O3S. The number of carbonyl (C=O) groups is 2. The van der Waals surface area contributed by atoms with Crippen molar-refractivity contribution < 1.29 is 19.1 Å². The highest BCUT2D eigenvalue weighted by Crippen LogP contribution is 2.39. The smallest absolute Gasteiger partial charge is 0.358 e. The van der Waals surface area contributed by atoms with E-state index in [4.69, 9.17) is 5.11 Å². The number of nitrogens with zero attached hydrogens (tertiary/aromatic N) is 4. The molecule has 2 fully saturated rings. The van der Waals surface area contributed by atoms with Gasteiger partial charge in [0.2, 0.25) is 0 Å². The van der Waals surface area contributed by atoms with Crippen molar-refractivity contribution in [3.05, 3.63) is 59.2 Å². The van der Waals surface area contributed by atoms with Gasteiger partial charge in [-0.05, 0) is 30.9 Å². The minimum absolute atomic E-state index is 0. The Hall–Kier alpha value is -2.23. The van der Waals surface area contributed by atoms with E-state index in [1.807, 2.05) is 11.0 Å². The van der Waals surface area contributed by atoms with E-state index < -0.39 is 12.0 Å². The van der Waals surface area contributed by atoms with Crippen molar-refractivity contribution in [2.75, 3.05) is 13.1 Å². The van der Waals surface area contributed by atoms with Gasteiger partial charge >= 0.3 is 5.97 Å². The van der Waals surface area contributed by atoms with Crippen LogP contribution in [-0.2, 0) is 11.3 Å². The van der Waals surface area contributed by atoms with Gasteiger partial charge in [0, 0.05) is 29.8 Å². The first-order valence-electron chi connectivity index (χ1n) is 9.96. The van der Waals surface area contributed by atoms with Crippen molar-refractivity contribution in [2.45, 2.75) is 37.1 Å². The lowest BCUT2D eigenvalue weighted by Gasteiger charge is -2.37. The summed E-state index contributed by atoms with van der Waals surface area (Å²) in [6.07, 6.45) is 5.77. The molecule has 2 aliphatic rings. The lowest BCUT2D eigenvalue weighted by atomic mass is 9.93. The second-order valence-electron chi connectivity index (χ2n) is 7.79. The van der Waals surface area contributed by atoms with Gasteiger partial charge in [-0.15, -0.1) is 17.5 Å². The summed E-state index contributed by atoms with van der Waals surface area (Å²) in [6.45, 7) is 1.49. The van der Waals surface area contributed by atoms with Crippen molar-refractivity contribution in [3.8, 4) is 0 Å². The topological polar surface area (TPSA) is 88.3 Å². The number of carboxylic acids is 1. The van der Waals surface area contributed by atoms with Crippen LogP contribution in [0.25, 0.3) is 0 Å². The van der Waals surface area contributed by atoms with Crippen LogP contribution < -0.4 is 0 Å². The van der Waals surface area contributed by atoms with Gasteiger partial charge in [-0.2, -0.15) is 12.6 Å². The number of aromatic nitrogens is 3. The highest BCUT2D eigenvalue weighted by atomic mass is 35.5. The van der Waals surface area contributed by atoms with Gasteiger partial charge in [0.25, 0.3) is 0 Å². The average Bonchev–Trinajstić information content (AvgIpc) is 3.47. The van der Waals surface area contributed by atoms with E-state index in [0.29, 0.717) is 25.2 Å². The maximum Gasteiger partial charge on any atom is 0.358 e. The molecule has 1 N–H and O–H groups in total. The molecule has 0 amide bonds. The van der Waals surface area contributed by atoms with Crippen LogP contribution >= 0.6 is 25.0 Å². The Morgan fingerprint density at radius 2 is 2.03 bits per heavy atom. The first kappa shape index (κ1) is 23.4. The molecule has 1 saturated heterocycles. The minimum atomic E-state index is -1.13. The first-order chi connectivity index (χ1) is 14.4. The lowest BCUT2D eigenvalue weighted by molar-refractivity contribution is -0.126. The van der Waals surface area contributed by atoms with Crippen LogP contribution in [0.4, 0.5) is 4.39 Å². The molecular weight excluding hydrogens is 443 g/mol. The third kappa shape index (κ3) is 5.34. The van der Waals surface area contributed by atoms with Gasteiger partial charge < -0.3 is 5.11 Å². The molecule has 7 nitrogen and oxygen atoms in total. The highest BCUT2D eigenvalue weighted by Gasteiger charge is 2.40. The molecule has 2 atom stereocenters. The molecule has 2 aromatic rings. The van der Waals surface area contributed by atoms with Crippen LogP contribution in [0.3, 0.4) is 0 Å². The van der Waals surface area contributed by atoms with Crippen molar-refractivity contribution in [1.82, 2.24) is 19.9 Å². The number of allylic oxidation sites excluding steroid dienone is 1. The second kappa shape index (κ2) is 9.93. The third-order valence-electron chi connectivity index (χ3n) is 5.62. The van der Waals surface area contributed by atoms with E-state index in [1.165, 1.54) is 16.9 Å². The molecule has 2 heterocycles. The molecule has 31 heavy (non-hydrogen) atoms. The van der Waals surface area contributed by atoms with Gasteiger partial charge in [-0.25, -0.2) is 13.9 Å². The number of hydrogen-bond donors (Lipinski definition) is 2. The molecule has 10 heteroatoms. The number of carbonyl (C=O) groups excluding carboxylic acids is 1. The number of ketones is 1. The standard InChI is InChI=1S/C21H23FN4O3S.ClH/c22-16-4-2-1-3-15(16)19(20(27)13-5-6-13)25-9-8-18(30)14(11-25)7-10-26-12-17(21(28)29)23-24-26;/h1-4,7,12-13,18-19,30H,5-6,8-11H2,(H,28,29);1H/b14-7+;. The van der Waals surface area contributed by atoms with Gasteiger partial charge in [0.15, 0.2) is 11.5 Å². The number of benzene rings is 1. The normalized spacial score (nSPS) is 21.5. The molecule has 1 aromatic carbocycles. The first-order valence-corrected chi connectivity index (χ1v) is 10.5. The Bertz CT molecular complexity index is 995. The zero-order valence-corrected chi connectivity index (χ0v) is 18.4. The molecule has 166 valence electrons. The Morgan fingerprint density at radius 3 is 2.68 bits per heavy atom. The summed E-state index contributed by atoms with van der Waals surface area (Å²) in [5, 5.41) is 16.4. The molecule has 1 aliphatic carbocycles. The van der Waals surface area contributed by atoms with Gasteiger partial charge in [0.1, 0.15) is 5.82 Å². The van der Waals surface area contributed by atoms with Gasteiger partial charge in [0.05, 0.1) is 18.8 Å². The molecule has 0 spiro atoms. The summed E-state index contributed by atoms with van der Waals surface area (Å²) in [5.41, 5.74) is 1.31. The van der Waals surface area contributed by atoms with Crippen LogP contribution in [0.2, 0.25) is 0 Å². The zero-order chi connectivity index (χ0) is 21.3. The third-order valence-corrected chi connectivity index (χ3v) is 6.21. The van der Waals surface area contributed by atoms with Crippen LogP contribution in [0.5, 0.6) is 0 Å². The van der Waals surface area contributed by atoms with E-state index in [0.717, 1.165) is 24.8 Å². The van der Waals surface area contributed by atoms with E-state index in [2.05, 4.69) is 22.9 Å². The number of halogens is 2. The predicted molar refractivity (Wildman–Crippen MR) is 118 cm³/mol. The van der Waals surface area contributed by atoms with Crippen LogP contribution in [-0.4, -0.2) is 55.1 Å². The van der Waals surface area contributed by atoms with Crippen molar-refractivity contribution in [2.24, 2.45) is 5.92 Å². The van der Waals surface area contributed by atoms with Crippen LogP contribution in [0.15, 0.2) is 42.1 Å². The fourth-order valence-corrected chi connectivity index (χ4v) is 4.13. The number of likely N-dealkylation sites (tertiary alicyclic amines) is 1. The Balaban J connectivity index is 0.00000272. The second-order valence-corrected chi connectivity index (χ2v) is 8.41. The molecule has 0 bridgehead atoms.